The van der Waals surface area contributed by atoms with Crippen molar-refractivity contribution < 1.29 is 19.4 Å². The molecule has 4 N–H and O–H groups in total. The molecule has 0 aromatic heterocycles. The minimum Gasteiger partial charge on any atom is -0.489 e. The number of hydrogen-bond donors (Lipinski definition) is 3. The predicted octanol–water partition coefficient (Wildman–Crippen LogP) is 2.76. The van der Waals surface area contributed by atoms with Crippen LogP contribution in [0.1, 0.15) is 41.6 Å². The van der Waals surface area contributed by atoms with Gasteiger partial charge in [0.25, 0.3) is 0 Å². The number of aliphatic carboxylic acids is 1. The first-order valence-electron chi connectivity index (χ1n) is 9.99. The molecule has 30 heavy (non-hydrogen) atoms. The van der Waals surface area contributed by atoms with Crippen LogP contribution in [0.15, 0.2) is 42.5 Å². The summed E-state index contributed by atoms with van der Waals surface area (Å²) in [6.07, 6.45) is 1.77. The third-order valence-electron chi connectivity index (χ3n) is 5.49. The van der Waals surface area contributed by atoms with Gasteiger partial charge in [-0.1, -0.05) is 37.3 Å². The lowest BCUT2D eigenvalue weighted by Crippen LogP contribution is -2.40. The minimum atomic E-state index is -0.835. The Hall–Kier alpha value is -3.19. The number of carboxylic acid groups (broad SMARTS) is 1. The summed E-state index contributed by atoms with van der Waals surface area (Å²) >= 11 is 0. The number of aldehydes is 1. The van der Waals surface area contributed by atoms with Crippen LogP contribution in [-0.2, 0) is 22.6 Å². The molecule has 0 saturated carbocycles. The molecule has 0 amide bonds. The quantitative estimate of drug-likeness (QED) is 0.333. The smallest absolute Gasteiger partial charge is 0.304 e. The van der Waals surface area contributed by atoms with Gasteiger partial charge < -0.3 is 20.4 Å². The Bertz CT molecular complexity index is 927. The van der Waals surface area contributed by atoms with Crippen LogP contribution in [-0.4, -0.2) is 41.2 Å². The average molecular weight is 409 g/mol. The van der Waals surface area contributed by atoms with E-state index < -0.39 is 5.97 Å². The molecule has 2 atom stereocenters. The van der Waals surface area contributed by atoms with Crippen molar-refractivity contribution >= 4 is 18.1 Å². The molecule has 1 heterocycles. The van der Waals surface area contributed by atoms with Crippen LogP contribution in [0.25, 0.3) is 0 Å². The highest BCUT2D eigenvalue weighted by Crippen LogP contribution is 2.36. The summed E-state index contributed by atoms with van der Waals surface area (Å²) in [4.78, 5) is 24.6. The normalized spacial score (nSPS) is 17.0. The molecule has 3 rings (SSSR count). The molecular weight excluding hydrogens is 382 g/mol. The van der Waals surface area contributed by atoms with Crippen molar-refractivity contribution in [2.75, 3.05) is 13.1 Å². The van der Waals surface area contributed by atoms with Crippen molar-refractivity contribution in [2.45, 2.75) is 32.4 Å². The number of hydrogen-bond acceptors (Lipinski definition) is 5. The number of fused-ring (bicyclic) bond motifs is 1. The molecule has 2 aromatic carbocycles. The van der Waals surface area contributed by atoms with E-state index in [-0.39, 0.29) is 24.2 Å². The third kappa shape index (κ3) is 5.04. The number of carboxylic acids is 1. The Morgan fingerprint density at radius 1 is 1.33 bits per heavy atom. The molecule has 0 radical (unpaired) electrons. The highest BCUT2D eigenvalue weighted by molar-refractivity contribution is 5.94. The lowest BCUT2D eigenvalue weighted by Gasteiger charge is -2.39. The molecule has 1 aliphatic heterocycles. The second-order valence-corrected chi connectivity index (χ2v) is 7.63. The number of nitrogens with two attached hydrogens (primary N) is 1. The molecule has 158 valence electrons. The summed E-state index contributed by atoms with van der Waals surface area (Å²) in [5, 5.41) is 16.5. The summed E-state index contributed by atoms with van der Waals surface area (Å²) in [5.74, 6) is -0.280. The van der Waals surface area contributed by atoms with Gasteiger partial charge in [0, 0.05) is 30.6 Å². The Morgan fingerprint density at radius 3 is 2.70 bits per heavy atom. The molecule has 7 heteroatoms. The zero-order valence-corrected chi connectivity index (χ0v) is 17.0. The van der Waals surface area contributed by atoms with Crippen molar-refractivity contribution in [3.05, 3.63) is 64.7 Å². The fourth-order valence-electron chi connectivity index (χ4n) is 3.90. The summed E-state index contributed by atoms with van der Waals surface area (Å²) in [5.41, 5.74) is 9.32. The molecule has 0 bridgehead atoms. The molecule has 0 spiro atoms. The Balaban J connectivity index is 1.73. The van der Waals surface area contributed by atoms with E-state index in [1.807, 2.05) is 37.3 Å². The predicted molar refractivity (Wildman–Crippen MR) is 114 cm³/mol. The summed E-state index contributed by atoms with van der Waals surface area (Å²) in [6.45, 7) is 3.40. The van der Waals surface area contributed by atoms with E-state index in [1.54, 1.807) is 12.1 Å². The van der Waals surface area contributed by atoms with Crippen LogP contribution in [0.4, 0.5) is 0 Å². The largest absolute Gasteiger partial charge is 0.489 e. The highest BCUT2D eigenvalue weighted by Gasteiger charge is 2.31. The van der Waals surface area contributed by atoms with Crippen LogP contribution in [0.3, 0.4) is 0 Å². The number of carbonyl (C=O) groups is 2. The van der Waals surface area contributed by atoms with E-state index >= 15 is 0 Å². The number of amidine groups is 1. The second-order valence-electron chi connectivity index (χ2n) is 7.63. The van der Waals surface area contributed by atoms with Gasteiger partial charge >= 0.3 is 5.97 Å². The zero-order valence-electron chi connectivity index (χ0n) is 17.0. The first-order chi connectivity index (χ1) is 14.4. The fourth-order valence-corrected chi connectivity index (χ4v) is 3.90. The maximum atomic E-state index is 11.5. The summed E-state index contributed by atoms with van der Waals surface area (Å²) in [6, 6.07) is 13.1. The van der Waals surface area contributed by atoms with Gasteiger partial charge in [-0.2, -0.15) is 0 Å². The monoisotopic (exact) mass is 409 g/mol. The van der Waals surface area contributed by atoms with E-state index in [9.17, 15) is 9.59 Å². The van der Waals surface area contributed by atoms with Crippen LogP contribution in [0.5, 0.6) is 5.75 Å². The second kappa shape index (κ2) is 9.54. The van der Waals surface area contributed by atoms with E-state index in [4.69, 9.17) is 21.0 Å². The van der Waals surface area contributed by atoms with Crippen molar-refractivity contribution in [3.63, 3.8) is 0 Å². The van der Waals surface area contributed by atoms with Gasteiger partial charge in [0.15, 0.2) is 0 Å². The Labute approximate surface area is 176 Å². The van der Waals surface area contributed by atoms with Gasteiger partial charge in [-0.15, -0.1) is 0 Å². The van der Waals surface area contributed by atoms with Crippen LogP contribution >= 0.6 is 0 Å². The molecule has 2 unspecified atom stereocenters. The van der Waals surface area contributed by atoms with E-state index in [0.717, 1.165) is 35.1 Å². The summed E-state index contributed by atoms with van der Waals surface area (Å²) < 4.78 is 5.94. The van der Waals surface area contributed by atoms with Crippen molar-refractivity contribution in [1.29, 1.82) is 5.41 Å². The van der Waals surface area contributed by atoms with Gasteiger partial charge in [-0.3, -0.25) is 15.1 Å². The van der Waals surface area contributed by atoms with E-state index in [1.165, 1.54) is 0 Å². The number of ether oxygens (including phenoxy) is 1. The first-order valence-corrected chi connectivity index (χ1v) is 9.99. The van der Waals surface area contributed by atoms with E-state index in [2.05, 4.69) is 4.90 Å². The number of rotatable bonds is 9. The van der Waals surface area contributed by atoms with Gasteiger partial charge in [0.1, 0.15) is 24.5 Å². The van der Waals surface area contributed by atoms with Crippen molar-refractivity contribution in [1.82, 2.24) is 4.90 Å². The van der Waals surface area contributed by atoms with Gasteiger partial charge in [0.05, 0.1) is 6.42 Å². The molecular formula is C23H27N3O4. The SMILES string of the molecule is CC(C=O)C1c2ccc(OCc3ccc(C(=N)N)cc3)cc2CCN1CCC(=O)O. The molecule has 1 aliphatic rings. The molecule has 2 aromatic rings. The Kier molecular flexibility index (Phi) is 6.84. The fraction of sp³-hybridized carbons (Fsp3) is 0.348. The first kappa shape index (κ1) is 21.5. The van der Waals surface area contributed by atoms with Gasteiger partial charge in [-0.05, 0) is 35.2 Å². The number of benzene rings is 2. The average Bonchev–Trinajstić information content (AvgIpc) is 2.75. The molecule has 0 saturated heterocycles. The molecule has 0 aliphatic carbocycles. The van der Waals surface area contributed by atoms with Gasteiger partial charge in [0.2, 0.25) is 0 Å². The zero-order chi connectivity index (χ0) is 21.7. The third-order valence-corrected chi connectivity index (χ3v) is 5.49. The molecule has 7 nitrogen and oxygen atoms in total. The summed E-state index contributed by atoms with van der Waals surface area (Å²) in [7, 11) is 0. The highest BCUT2D eigenvalue weighted by atomic mass is 16.5. The lowest BCUT2D eigenvalue weighted by atomic mass is 9.85. The van der Waals surface area contributed by atoms with Crippen LogP contribution in [0.2, 0.25) is 0 Å². The number of nitrogens with zero attached hydrogens (tertiary/aromatic N) is 1. The maximum absolute atomic E-state index is 11.5. The number of nitrogen functional groups attached to an aromatic ring is 1. The number of nitrogens with one attached hydrogen (secondary N) is 1. The van der Waals surface area contributed by atoms with Crippen molar-refractivity contribution in [2.24, 2.45) is 11.7 Å². The maximum Gasteiger partial charge on any atom is 0.304 e. The standard InChI is InChI=1S/C23H27N3O4/c1-15(13-27)22-20-7-6-19(12-18(20)8-10-26(22)11-9-21(28)29)30-14-16-2-4-17(5-3-16)23(24)25/h2-7,12-13,15,22H,8-11,14H2,1H3,(H3,24,25)(H,28,29). The minimum absolute atomic E-state index is 0.0358. The lowest BCUT2D eigenvalue weighted by molar-refractivity contribution is -0.137. The van der Waals surface area contributed by atoms with Crippen LogP contribution in [0, 0.1) is 11.3 Å². The van der Waals surface area contributed by atoms with Crippen molar-refractivity contribution in [3.8, 4) is 5.75 Å². The topological polar surface area (TPSA) is 117 Å². The van der Waals surface area contributed by atoms with Gasteiger partial charge in [-0.25, -0.2) is 0 Å². The van der Waals surface area contributed by atoms with Crippen LogP contribution < -0.4 is 10.5 Å². The Morgan fingerprint density at radius 2 is 2.07 bits per heavy atom. The number of carbonyl (C=O) groups excluding carboxylic acids is 1. The molecule has 0 fully saturated rings. The van der Waals surface area contributed by atoms with E-state index in [0.29, 0.717) is 25.3 Å².